The maximum Gasteiger partial charge on any atom is 0.260 e. The summed E-state index contributed by atoms with van der Waals surface area (Å²) in [5.41, 5.74) is 0.955. The molecule has 1 amide bonds. The zero-order valence-electron chi connectivity index (χ0n) is 11.8. The number of hydrogen-bond donors (Lipinski definition) is 0. The highest BCUT2D eigenvalue weighted by atomic mass is 16.5. The number of ether oxygens (including phenoxy) is 2. The van der Waals surface area contributed by atoms with Crippen LogP contribution in [0.25, 0.3) is 0 Å². The molecule has 19 heavy (non-hydrogen) atoms. The van der Waals surface area contributed by atoms with Crippen LogP contribution in [0.15, 0.2) is 36.4 Å². The maximum absolute atomic E-state index is 12.0. The molecule has 0 saturated heterocycles. The molecule has 0 aliphatic heterocycles. The predicted octanol–water partition coefficient (Wildman–Crippen LogP) is 2.50. The molecule has 0 aromatic heterocycles. The van der Waals surface area contributed by atoms with E-state index in [0.29, 0.717) is 24.6 Å². The van der Waals surface area contributed by atoms with Crippen LogP contribution in [-0.4, -0.2) is 37.6 Å². The van der Waals surface area contributed by atoms with Crippen LogP contribution in [0.2, 0.25) is 0 Å². The van der Waals surface area contributed by atoms with Gasteiger partial charge in [-0.05, 0) is 26.0 Å². The zero-order valence-corrected chi connectivity index (χ0v) is 11.8. The van der Waals surface area contributed by atoms with Gasteiger partial charge in [-0.25, -0.2) is 0 Å². The van der Waals surface area contributed by atoms with Gasteiger partial charge in [0.05, 0.1) is 7.11 Å². The Morgan fingerprint density at radius 3 is 2.63 bits per heavy atom. The van der Waals surface area contributed by atoms with Gasteiger partial charge in [0.25, 0.3) is 5.91 Å². The first kappa shape index (κ1) is 15.1. The maximum atomic E-state index is 12.0. The second kappa shape index (κ2) is 7.46. The molecule has 0 aliphatic carbocycles. The first-order valence-electron chi connectivity index (χ1n) is 6.25. The Morgan fingerprint density at radius 2 is 2.05 bits per heavy atom. The quantitative estimate of drug-likeness (QED) is 0.709. The van der Waals surface area contributed by atoms with Crippen LogP contribution in [0.5, 0.6) is 11.5 Å². The SMILES string of the molecule is C=C(C)CN(CC)C(=O)COc1cccc(OC)c1. The van der Waals surface area contributed by atoms with Crippen molar-refractivity contribution in [3.05, 3.63) is 36.4 Å². The summed E-state index contributed by atoms with van der Waals surface area (Å²) in [5, 5.41) is 0. The van der Waals surface area contributed by atoms with E-state index in [4.69, 9.17) is 9.47 Å². The Hall–Kier alpha value is -1.97. The van der Waals surface area contributed by atoms with Crippen molar-refractivity contribution in [2.75, 3.05) is 26.8 Å². The van der Waals surface area contributed by atoms with E-state index in [9.17, 15) is 4.79 Å². The van der Waals surface area contributed by atoms with Crippen LogP contribution in [0.4, 0.5) is 0 Å². The van der Waals surface area contributed by atoms with E-state index in [0.717, 1.165) is 5.57 Å². The average molecular weight is 263 g/mol. The molecule has 4 heteroatoms. The van der Waals surface area contributed by atoms with E-state index in [1.807, 2.05) is 26.0 Å². The lowest BCUT2D eigenvalue weighted by molar-refractivity contribution is -0.132. The second-order valence-electron chi connectivity index (χ2n) is 4.33. The fourth-order valence-corrected chi connectivity index (χ4v) is 1.63. The normalized spacial score (nSPS) is 9.84. The lowest BCUT2D eigenvalue weighted by atomic mass is 10.3. The molecular weight excluding hydrogens is 242 g/mol. The molecule has 0 spiro atoms. The molecule has 0 saturated carbocycles. The van der Waals surface area contributed by atoms with E-state index in [2.05, 4.69) is 6.58 Å². The molecule has 104 valence electrons. The molecule has 1 rings (SSSR count). The smallest absolute Gasteiger partial charge is 0.260 e. The first-order valence-corrected chi connectivity index (χ1v) is 6.25. The van der Waals surface area contributed by atoms with E-state index in [1.165, 1.54) is 0 Å². The van der Waals surface area contributed by atoms with Crippen molar-refractivity contribution in [3.63, 3.8) is 0 Å². The number of hydrogen-bond acceptors (Lipinski definition) is 3. The van der Waals surface area contributed by atoms with Crippen molar-refractivity contribution in [3.8, 4) is 11.5 Å². The fraction of sp³-hybridized carbons (Fsp3) is 0.400. The molecule has 4 nitrogen and oxygen atoms in total. The van der Waals surface area contributed by atoms with Crippen molar-refractivity contribution in [2.45, 2.75) is 13.8 Å². The van der Waals surface area contributed by atoms with Crippen molar-refractivity contribution in [2.24, 2.45) is 0 Å². The first-order chi connectivity index (χ1) is 9.06. The number of likely N-dealkylation sites (N-methyl/N-ethyl adjacent to an activating group) is 1. The molecule has 1 aromatic carbocycles. The van der Waals surface area contributed by atoms with E-state index in [-0.39, 0.29) is 12.5 Å². The summed E-state index contributed by atoms with van der Waals surface area (Å²) in [4.78, 5) is 13.7. The van der Waals surface area contributed by atoms with Gasteiger partial charge in [0.15, 0.2) is 6.61 Å². The van der Waals surface area contributed by atoms with Crippen LogP contribution >= 0.6 is 0 Å². The van der Waals surface area contributed by atoms with Crippen molar-refractivity contribution in [1.29, 1.82) is 0 Å². The molecule has 0 unspecified atom stereocenters. The third kappa shape index (κ3) is 5.04. The van der Waals surface area contributed by atoms with Crippen LogP contribution < -0.4 is 9.47 Å². The molecule has 0 fully saturated rings. The monoisotopic (exact) mass is 263 g/mol. The third-order valence-electron chi connectivity index (χ3n) is 2.60. The Kier molecular flexibility index (Phi) is 5.93. The Morgan fingerprint density at radius 1 is 1.37 bits per heavy atom. The van der Waals surface area contributed by atoms with Gasteiger partial charge in [0, 0.05) is 19.2 Å². The summed E-state index contributed by atoms with van der Waals surface area (Å²) in [6.45, 7) is 8.89. The lowest BCUT2D eigenvalue weighted by Gasteiger charge is -2.21. The number of methoxy groups -OCH3 is 1. The number of nitrogens with zero attached hydrogens (tertiary/aromatic N) is 1. The van der Waals surface area contributed by atoms with Crippen molar-refractivity contribution >= 4 is 5.91 Å². The third-order valence-corrected chi connectivity index (χ3v) is 2.60. The van der Waals surface area contributed by atoms with Crippen molar-refractivity contribution < 1.29 is 14.3 Å². The molecule has 0 N–H and O–H groups in total. The average Bonchev–Trinajstić information content (AvgIpc) is 2.42. The summed E-state index contributed by atoms with van der Waals surface area (Å²) >= 11 is 0. The van der Waals surface area contributed by atoms with Gasteiger partial charge in [-0.3, -0.25) is 4.79 Å². The Balaban J connectivity index is 2.54. The molecular formula is C15H21NO3. The van der Waals surface area contributed by atoms with Crippen molar-refractivity contribution in [1.82, 2.24) is 4.90 Å². The summed E-state index contributed by atoms with van der Waals surface area (Å²) in [7, 11) is 1.59. The Bertz CT molecular complexity index is 443. The minimum atomic E-state index is -0.0479. The van der Waals surface area contributed by atoms with E-state index in [1.54, 1.807) is 24.1 Å². The summed E-state index contributed by atoms with van der Waals surface area (Å²) < 4.78 is 10.6. The molecule has 0 atom stereocenters. The Labute approximate surface area is 114 Å². The molecule has 0 heterocycles. The highest BCUT2D eigenvalue weighted by molar-refractivity contribution is 5.78. The predicted molar refractivity (Wildman–Crippen MR) is 75.6 cm³/mol. The molecule has 0 radical (unpaired) electrons. The minimum absolute atomic E-state index is 0.0221. The largest absolute Gasteiger partial charge is 0.497 e. The molecule has 0 bridgehead atoms. The lowest BCUT2D eigenvalue weighted by Crippen LogP contribution is -2.35. The standard InChI is InChI=1S/C15H21NO3/c1-5-16(10-12(2)3)15(17)11-19-14-8-6-7-13(9-14)18-4/h6-9H,2,5,10-11H2,1,3-4H3. The van der Waals surface area contributed by atoms with Gasteiger partial charge < -0.3 is 14.4 Å². The van der Waals surface area contributed by atoms with Gasteiger partial charge in [-0.1, -0.05) is 18.2 Å². The number of benzene rings is 1. The second-order valence-corrected chi connectivity index (χ2v) is 4.33. The summed E-state index contributed by atoms with van der Waals surface area (Å²) in [5.74, 6) is 1.28. The van der Waals surface area contributed by atoms with Crippen LogP contribution in [0.1, 0.15) is 13.8 Å². The topological polar surface area (TPSA) is 38.8 Å². The summed E-state index contributed by atoms with van der Waals surface area (Å²) in [6.07, 6.45) is 0. The molecule has 1 aromatic rings. The van der Waals surface area contributed by atoms with Crippen LogP contribution in [0, 0.1) is 0 Å². The van der Waals surface area contributed by atoms with E-state index < -0.39 is 0 Å². The van der Waals surface area contributed by atoms with Gasteiger partial charge in [0.2, 0.25) is 0 Å². The summed E-state index contributed by atoms with van der Waals surface area (Å²) in [6, 6.07) is 7.20. The van der Waals surface area contributed by atoms with E-state index >= 15 is 0 Å². The highest BCUT2D eigenvalue weighted by Gasteiger charge is 2.12. The van der Waals surface area contributed by atoms with Crippen LogP contribution in [0.3, 0.4) is 0 Å². The van der Waals surface area contributed by atoms with Gasteiger partial charge in [0.1, 0.15) is 11.5 Å². The van der Waals surface area contributed by atoms with Gasteiger partial charge in [-0.15, -0.1) is 0 Å². The van der Waals surface area contributed by atoms with Gasteiger partial charge >= 0.3 is 0 Å². The highest BCUT2D eigenvalue weighted by Crippen LogP contribution is 2.18. The number of carbonyl (C=O) groups is 1. The van der Waals surface area contributed by atoms with Gasteiger partial charge in [-0.2, -0.15) is 0 Å². The number of carbonyl (C=O) groups excluding carboxylic acids is 1. The van der Waals surface area contributed by atoms with Crippen LogP contribution in [-0.2, 0) is 4.79 Å². The fourth-order valence-electron chi connectivity index (χ4n) is 1.63. The minimum Gasteiger partial charge on any atom is -0.497 e. The zero-order chi connectivity index (χ0) is 14.3. The number of amides is 1. The number of rotatable bonds is 7. The molecule has 0 aliphatic rings.